The van der Waals surface area contributed by atoms with Gasteiger partial charge in [-0.3, -0.25) is 14.4 Å². The number of hydrogen-bond donors (Lipinski definition) is 1. The maximum absolute atomic E-state index is 13.9. The molecule has 1 aromatic heterocycles. The van der Waals surface area contributed by atoms with Crippen LogP contribution in [0.3, 0.4) is 0 Å². The van der Waals surface area contributed by atoms with Gasteiger partial charge in [0.25, 0.3) is 5.91 Å². The molecule has 2 aliphatic rings. The van der Waals surface area contributed by atoms with Crippen LogP contribution in [0.2, 0.25) is 5.02 Å². The Bertz CT molecular complexity index is 1450. The third-order valence-electron chi connectivity index (χ3n) is 6.85. The minimum atomic E-state index is -0.927. The summed E-state index contributed by atoms with van der Waals surface area (Å²) < 4.78 is 0. The summed E-state index contributed by atoms with van der Waals surface area (Å²) in [6.45, 7) is 3.80. The zero-order chi connectivity index (χ0) is 23.6. The van der Waals surface area contributed by atoms with E-state index in [1.165, 1.54) is 4.90 Å². The lowest BCUT2D eigenvalue weighted by atomic mass is 9.89. The minimum absolute atomic E-state index is 0.284. The maximum atomic E-state index is 13.9. The fraction of sp³-hybridized carbons (Fsp3) is 0.185. The molecule has 3 atom stereocenters. The van der Waals surface area contributed by atoms with Gasteiger partial charge in [0.2, 0.25) is 5.91 Å². The number of amides is 2. The number of carbonyl (C=O) groups excluding carboxylic acids is 2. The Hall–Kier alpha value is -3.61. The molecular weight excluding hydrogens is 450 g/mol. The lowest BCUT2D eigenvalue weighted by Crippen LogP contribution is -2.37. The van der Waals surface area contributed by atoms with Crippen LogP contribution in [0.4, 0.5) is 11.4 Å². The third-order valence-corrected chi connectivity index (χ3v) is 7.25. The average Bonchev–Trinajstić information content (AvgIpc) is 3.46. The molecule has 2 aliphatic heterocycles. The molecule has 34 heavy (non-hydrogen) atoms. The Morgan fingerprint density at radius 3 is 2.41 bits per heavy atom. The van der Waals surface area contributed by atoms with Crippen molar-refractivity contribution in [2.45, 2.75) is 26.0 Å². The SMILES string of the molecule is Cc1[nH]c2ccccc2c1[C@H]1[C@H]2C(=O)N(c3cccc(Cl)c3C)C(=O)[C@H]2ON1c1ccccc1. The monoisotopic (exact) mass is 471 g/mol. The van der Waals surface area contributed by atoms with Gasteiger partial charge in [0.05, 0.1) is 17.4 Å². The van der Waals surface area contributed by atoms with Gasteiger partial charge in [-0.05, 0) is 49.7 Å². The van der Waals surface area contributed by atoms with Gasteiger partial charge in [-0.1, -0.05) is 54.1 Å². The van der Waals surface area contributed by atoms with Crippen LogP contribution < -0.4 is 9.96 Å². The third kappa shape index (κ3) is 2.92. The highest BCUT2D eigenvalue weighted by molar-refractivity contribution is 6.32. The summed E-state index contributed by atoms with van der Waals surface area (Å²) in [6.07, 6.45) is -0.927. The number of halogens is 1. The number of fused-ring (bicyclic) bond motifs is 2. The van der Waals surface area contributed by atoms with E-state index in [2.05, 4.69) is 4.98 Å². The molecular formula is C27H22ClN3O3. The number of imide groups is 1. The molecule has 1 N–H and O–H groups in total. The zero-order valence-electron chi connectivity index (χ0n) is 18.7. The Morgan fingerprint density at radius 2 is 1.62 bits per heavy atom. The first-order chi connectivity index (χ1) is 16.5. The largest absolute Gasteiger partial charge is 0.358 e. The normalized spacial score (nSPS) is 22.1. The van der Waals surface area contributed by atoms with Gasteiger partial charge in [-0.15, -0.1) is 0 Å². The first-order valence-electron chi connectivity index (χ1n) is 11.2. The number of hydrogen-bond acceptors (Lipinski definition) is 4. The van der Waals surface area contributed by atoms with Crippen molar-refractivity contribution >= 4 is 45.7 Å². The van der Waals surface area contributed by atoms with Crippen LogP contribution in [-0.4, -0.2) is 22.9 Å². The van der Waals surface area contributed by atoms with Crippen molar-refractivity contribution in [3.8, 4) is 0 Å². The Morgan fingerprint density at radius 1 is 0.882 bits per heavy atom. The Kier molecular flexibility index (Phi) is 4.76. The van der Waals surface area contributed by atoms with Crippen LogP contribution in [0.15, 0.2) is 72.8 Å². The molecule has 6 nitrogen and oxygen atoms in total. The standard InChI is InChI=1S/C27H22ClN3O3/c1-15-19(28)12-8-14-21(15)30-26(32)23-24(22-16(2)29-20-13-7-6-11-18(20)22)31(34-25(23)27(30)33)17-9-4-3-5-10-17/h3-14,23-25,29H,1-2H3/t23-,24+,25+/m1/s1. The molecule has 0 aliphatic carbocycles. The number of aromatic nitrogens is 1. The summed E-state index contributed by atoms with van der Waals surface area (Å²) in [5.74, 6) is -1.36. The van der Waals surface area contributed by atoms with Crippen LogP contribution in [0.25, 0.3) is 10.9 Å². The van der Waals surface area contributed by atoms with Gasteiger partial charge >= 0.3 is 0 Å². The summed E-state index contributed by atoms with van der Waals surface area (Å²) >= 11 is 6.31. The van der Waals surface area contributed by atoms with Crippen molar-refractivity contribution in [3.05, 3.63) is 94.6 Å². The van der Waals surface area contributed by atoms with Gasteiger partial charge in [-0.2, -0.15) is 0 Å². The molecule has 0 radical (unpaired) electrons. The van der Waals surface area contributed by atoms with E-state index < -0.39 is 18.1 Å². The molecule has 0 unspecified atom stereocenters. The van der Waals surface area contributed by atoms with Crippen LogP contribution >= 0.6 is 11.6 Å². The van der Waals surface area contributed by atoms with Crippen molar-refractivity contribution < 1.29 is 14.4 Å². The summed E-state index contributed by atoms with van der Waals surface area (Å²) in [7, 11) is 0. The molecule has 4 aromatic rings. The lowest BCUT2D eigenvalue weighted by molar-refractivity contribution is -0.126. The van der Waals surface area contributed by atoms with Crippen LogP contribution in [0.5, 0.6) is 0 Å². The van der Waals surface area contributed by atoms with E-state index in [1.807, 2.05) is 68.4 Å². The van der Waals surface area contributed by atoms with Crippen LogP contribution in [0, 0.1) is 19.8 Å². The number of aryl methyl sites for hydroxylation is 1. The van der Waals surface area contributed by atoms with E-state index in [4.69, 9.17) is 16.4 Å². The number of benzene rings is 3. The van der Waals surface area contributed by atoms with E-state index in [0.29, 0.717) is 16.3 Å². The van der Waals surface area contributed by atoms with Gasteiger partial charge in [0.15, 0.2) is 6.10 Å². The van der Waals surface area contributed by atoms with Crippen molar-refractivity contribution in [3.63, 3.8) is 0 Å². The van der Waals surface area contributed by atoms with Gasteiger partial charge in [-0.25, -0.2) is 9.96 Å². The van der Waals surface area contributed by atoms with Gasteiger partial charge in [0, 0.05) is 27.2 Å². The van der Waals surface area contributed by atoms with Crippen LogP contribution in [-0.2, 0) is 14.4 Å². The van der Waals surface area contributed by atoms with Crippen LogP contribution in [0.1, 0.15) is 22.9 Å². The minimum Gasteiger partial charge on any atom is -0.358 e. The first-order valence-corrected chi connectivity index (χ1v) is 11.6. The van der Waals surface area contributed by atoms with E-state index >= 15 is 0 Å². The molecule has 6 rings (SSSR count). The number of rotatable bonds is 3. The molecule has 3 aromatic carbocycles. The quantitative estimate of drug-likeness (QED) is 0.401. The van der Waals surface area contributed by atoms with E-state index in [0.717, 1.165) is 27.8 Å². The molecule has 7 heteroatoms. The number of hydroxylamine groups is 1. The van der Waals surface area contributed by atoms with Gasteiger partial charge in [0.1, 0.15) is 5.92 Å². The molecule has 2 saturated heterocycles. The van der Waals surface area contributed by atoms with Crippen molar-refractivity contribution in [2.75, 3.05) is 9.96 Å². The number of anilines is 2. The first kappa shape index (κ1) is 21.0. The molecule has 3 heterocycles. The number of nitrogens with one attached hydrogen (secondary N) is 1. The summed E-state index contributed by atoms with van der Waals surface area (Å²) in [4.78, 5) is 38.5. The number of carbonyl (C=O) groups is 2. The second kappa shape index (κ2) is 7.72. The predicted octanol–water partition coefficient (Wildman–Crippen LogP) is 5.49. The Labute approximate surface area is 201 Å². The summed E-state index contributed by atoms with van der Waals surface area (Å²) in [5, 5.41) is 3.24. The predicted molar refractivity (Wildman–Crippen MR) is 132 cm³/mol. The molecule has 170 valence electrons. The number of nitrogens with zero attached hydrogens (tertiary/aromatic N) is 2. The maximum Gasteiger partial charge on any atom is 0.266 e. The average molecular weight is 472 g/mol. The highest BCUT2D eigenvalue weighted by Crippen LogP contribution is 2.50. The smallest absolute Gasteiger partial charge is 0.266 e. The molecule has 0 spiro atoms. The molecule has 2 amide bonds. The second-order valence-electron chi connectivity index (χ2n) is 8.76. The lowest BCUT2D eigenvalue weighted by Gasteiger charge is -2.29. The zero-order valence-corrected chi connectivity index (χ0v) is 19.4. The van der Waals surface area contributed by atoms with Crippen molar-refractivity contribution in [1.82, 2.24) is 4.98 Å². The fourth-order valence-corrected chi connectivity index (χ4v) is 5.43. The summed E-state index contributed by atoms with van der Waals surface area (Å²) in [5.41, 5.74) is 4.85. The molecule has 0 bridgehead atoms. The van der Waals surface area contributed by atoms with Crippen molar-refractivity contribution in [1.29, 1.82) is 0 Å². The van der Waals surface area contributed by atoms with E-state index in [9.17, 15) is 9.59 Å². The Balaban J connectivity index is 1.53. The fourth-order valence-electron chi connectivity index (χ4n) is 5.26. The molecule has 2 fully saturated rings. The number of H-pyrrole nitrogens is 1. The number of para-hydroxylation sites is 2. The van der Waals surface area contributed by atoms with E-state index in [-0.39, 0.29) is 11.8 Å². The highest BCUT2D eigenvalue weighted by atomic mass is 35.5. The van der Waals surface area contributed by atoms with Gasteiger partial charge < -0.3 is 4.98 Å². The van der Waals surface area contributed by atoms with Crippen molar-refractivity contribution in [2.24, 2.45) is 5.92 Å². The summed E-state index contributed by atoms with van der Waals surface area (Å²) in [6, 6.07) is 22.3. The topological polar surface area (TPSA) is 65.6 Å². The highest BCUT2D eigenvalue weighted by Gasteiger charge is 2.61. The second-order valence-corrected chi connectivity index (χ2v) is 9.17. The molecule has 0 saturated carbocycles. The number of aromatic amines is 1. The van der Waals surface area contributed by atoms with E-state index in [1.54, 1.807) is 23.3 Å².